The molecule has 1 aromatic carbocycles. The summed E-state index contributed by atoms with van der Waals surface area (Å²) in [4.78, 5) is 22.4. The lowest BCUT2D eigenvalue weighted by atomic mass is 10.2. The minimum atomic E-state index is -0.896. The molecule has 0 saturated heterocycles. The number of carbonyl (C=O) groups excluding carboxylic acids is 2. The van der Waals surface area contributed by atoms with Gasteiger partial charge in [-0.05, 0) is 6.07 Å². The molecule has 7 heteroatoms. The molecule has 0 aromatic heterocycles. The van der Waals surface area contributed by atoms with E-state index in [4.69, 9.17) is 5.73 Å². The Morgan fingerprint density at radius 1 is 1.17 bits per heavy atom. The van der Waals surface area contributed by atoms with Crippen molar-refractivity contribution in [3.63, 3.8) is 0 Å². The zero-order chi connectivity index (χ0) is 13.5. The number of hydrogen-bond donors (Lipinski definition) is 3. The molecule has 1 aromatic rings. The van der Waals surface area contributed by atoms with Crippen molar-refractivity contribution in [3.05, 3.63) is 35.4 Å². The van der Waals surface area contributed by atoms with Crippen molar-refractivity contribution in [1.82, 2.24) is 10.6 Å². The van der Waals surface area contributed by atoms with Gasteiger partial charge in [0.25, 0.3) is 0 Å². The highest BCUT2D eigenvalue weighted by molar-refractivity contribution is 6.35. The van der Waals surface area contributed by atoms with Crippen molar-refractivity contribution in [2.45, 2.75) is 6.54 Å². The van der Waals surface area contributed by atoms with Crippen molar-refractivity contribution < 1.29 is 18.4 Å². The first-order valence-electron chi connectivity index (χ1n) is 5.24. The summed E-state index contributed by atoms with van der Waals surface area (Å²) >= 11 is 0. The molecule has 0 aliphatic carbocycles. The van der Waals surface area contributed by atoms with Crippen LogP contribution in [0.25, 0.3) is 0 Å². The molecule has 0 spiro atoms. The van der Waals surface area contributed by atoms with Crippen molar-refractivity contribution in [3.8, 4) is 0 Å². The van der Waals surface area contributed by atoms with E-state index < -0.39 is 23.4 Å². The number of carbonyl (C=O) groups is 2. The molecular formula is C11H13F2N3O2. The van der Waals surface area contributed by atoms with E-state index in [9.17, 15) is 18.4 Å². The van der Waals surface area contributed by atoms with Gasteiger partial charge in [-0.3, -0.25) is 9.59 Å². The third-order valence-corrected chi connectivity index (χ3v) is 2.09. The first-order valence-corrected chi connectivity index (χ1v) is 5.24. The van der Waals surface area contributed by atoms with Crippen LogP contribution in [-0.2, 0) is 16.1 Å². The first kappa shape index (κ1) is 14.0. The lowest BCUT2D eigenvalue weighted by molar-refractivity contribution is -0.139. The number of nitrogens with one attached hydrogen (secondary N) is 2. The van der Waals surface area contributed by atoms with E-state index in [-0.39, 0.29) is 25.2 Å². The highest BCUT2D eigenvalue weighted by Crippen LogP contribution is 2.08. The summed E-state index contributed by atoms with van der Waals surface area (Å²) in [5, 5.41) is 4.48. The van der Waals surface area contributed by atoms with Gasteiger partial charge in [0, 0.05) is 31.3 Å². The highest BCUT2D eigenvalue weighted by Gasteiger charge is 2.13. The maximum atomic E-state index is 13.2. The molecule has 5 nitrogen and oxygen atoms in total. The lowest BCUT2D eigenvalue weighted by Crippen LogP contribution is -2.41. The van der Waals surface area contributed by atoms with Crippen LogP contribution in [0.3, 0.4) is 0 Å². The first-order chi connectivity index (χ1) is 8.54. The van der Waals surface area contributed by atoms with Gasteiger partial charge in [-0.25, -0.2) is 8.78 Å². The predicted molar refractivity (Wildman–Crippen MR) is 60.3 cm³/mol. The molecule has 0 fully saturated rings. The molecule has 0 saturated carbocycles. The van der Waals surface area contributed by atoms with Crippen LogP contribution < -0.4 is 16.4 Å². The summed E-state index contributed by atoms with van der Waals surface area (Å²) in [6, 6.07) is 2.97. The standard InChI is InChI=1S/C11H13F2N3O2/c12-8-2-1-7(9(13)5-8)6-16-11(18)10(17)15-4-3-14/h1-2,5H,3-4,6,14H2,(H,15,17)(H,16,18). The minimum absolute atomic E-state index is 0.0939. The normalized spacial score (nSPS) is 9.94. The Balaban J connectivity index is 2.49. The van der Waals surface area contributed by atoms with Crippen LogP contribution in [0.15, 0.2) is 18.2 Å². The smallest absolute Gasteiger partial charge is 0.309 e. The van der Waals surface area contributed by atoms with E-state index in [0.29, 0.717) is 6.07 Å². The largest absolute Gasteiger partial charge is 0.347 e. The van der Waals surface area contributed by atoms with Gasteiger partial charge in [0.05, 0.1) is 0 Å². The molecule has 0 aliphatic heterocycles. The maximum absolute atomic E-state index is 13.2. The van der Waals surface area contributed by atoms with Gasteiger partial charge in [0.15, 0.2) is 0 Å². The Kier molecular flexibility index (Phi) is 5.19. The fourth-order valence-electron chi connectivity index (χ4n) is 1.19. The second-order valence-electron chi connectivity index (χ2n) is 3.46. The van der Waals surface area contributed by atoms with Crippen LogP contribution in [0, 0.1) is 11.6 Å². The summed E-state index contributed by atoms with van der Waals surface area (Å²) in [5.74, 6) is -3.23. The number of rotatable bonds is 4. The second-order valence-corrected chi connectivity index (χ2v) is 3.46. The molecule has 2 amide bonds. The Morgan fingerprint density at radius 2 is 1.83 bits per heavy atom. The quantitative estimate of drug-likeness (QED) is 0.645. The van der Waals surface area contributed by atoms with Crippen molar-refractivity contribution in [2.75, 3.05) is 13.1 Å². The van der Waals surface area contributed by atoms with E-state index in [1.54, 1.807) is 0 Å². The fraction of sp³-hybridized carbons (Fsp3) is 0.273. The molecule has 0 aliphatic rings. The molecule has 0 bridgehead atoms. The third kappa shape index (κ3) is 4.10. The van der Waals surface area contributed by atoms with Gasteiger partial charge in [-0.2, -0.15) is 0 Å². The lowest BCUT2D eigenvalue weighted by Gasteiger charge is -2.06. The molecule has 1 rings (SSSR count). The summed E-state index contributed by atoms with van der Waals surface area (Å²) in [7, 11) is 0. The molecule has 4 N–H and O–H groups in total. The van der Waals surface area contributed by atoms with Crippen molar-refractivity contribution in [1.29, 1.82) is 0 Å². The number of benzene rings is 1. The van der Waals surface area contributed by atoms with Gasteiger partial charge in [-0.1, -0.05) is 6.07 Å². The van der Waals surface area contributed by atoms with Gasteiger partial charge in [0.2, 0.25) is 0 Å². The van der Waals surface area contributed by atoms with Crippen molar-refractivity contribution >= 4 is 11.8 Å². The van der Waals surface area contributed by atoms with Crippen LogP contribution >= 0.6 is 0 Å². The molecule has 0 radical (unpaired) electrons. The Labute approximate surface area is 102 Å². The Morgan fingerprint density at radius 3 is 2.44 bits per heavy atom. The number of amides is 2. The number of hydrogen-bond acceptors (Lipinski definition) is 3. The third-order valence-electron chi connectivity index (χ3n) is 2.09. The molecular weight excluding hydrogens is 244 g/mol. The maximum Gasteiger partial charge on any atom is 0.309 e. The van der Waals surface area contributed by atoms with E-state index >= 15 is 0 Å². The zero-order valence-electron chi connectivity index (χ0n) is 9.50. The van der Waals surface area contributed by atoms with Gasteiger partial charge in [0.1, 0.15) is 11.6 Å². The molecule has 0 unspecified atom stereocenters. The van der Waals surface area contributed by atoms with E-state index in [1.807, 2.05) is 0 Å². The van der Waals surface area contributed by atoms with E-state index in [1.165, 1.54) is 6.07 Å². The molecule has 18 heavy (non-hydrogen) atoms. The molecule has 98 valence electrons. The SMILES string of the molecule is NCCNC(=O)C(=O)NCc1ccc(F)cc1F. The number of halogens is 2. The van der Waals surface area contributed by atoms with Crippen LogP contribution in [0.2, 0.25) is 0 Å². The predicted octanol–water partition coefficient (Wildman–Crippen LogP) is -0.344. The van der Waals surface area contributed by atoms with E-state index in [2.05, 4.69) is 10.6 Å². The monoisotopic (exact) mass is 257 g/mol. The molecule has 0 atom stereocenters. The van der Waals surface area contributed by atoms with Crippen LogP contribution in [-0.4, -0.2) is 24.9 Å². The summed E-state index contributed by atoms with van der Waals surface area (Å²) in [5.41, 5.74) is 5.24. The molecule has 0 heterocycles. The fourth-order valence-corrected chi connectivity index (χ4v) is 1.19. The van der Waals surface area contributed by atoms with Crippen LogP contribution in [0.5, 0.6) is 0 Å². The zero-order valence-corrected chi connectivity index (χ0v) is 9.50. The highest BCUT2D eigenvalue weighted by atomic mass is 19.1. The number of nitrogens with two attached hydrogens (primary N) is 1. The summed E-state index contributed by atoms with van der Waals surface area (Å²) in [6.07, 6.45) is 0. The summed E-state index contributed by atoms with van der Waals surface area (Å²) in [6.45, 7) is 0.198. The Bertz CT molecular complexity index is 452. The average molecular weight is 257 g/mol. The van der Waals surface area contributed by atoms with Crippen molar-refractivity contribution in [2.24, 2.45) is 5.73 Å². The minimum Gasteiger partial charge on any atom is -0.347 e. The topological polar surface area (TPSA) is 84.2 Å². The van der Waals surface area contributed by atoms with Crippen LogP contribution in [0.1, 0.15) is 5.56 Å². The van der Waals surface area contributed by atoms with E-state index in [0.717, 1.165) is 6.07 Å². The Hall–Kier alpha value is -2.02. The summed E-state index contributed by atoms with van der Waals surface area (Å²) < 4.78 is 25.8. The average Bonchev–Trinajstić information content (AvgIpc) is 2.34. The van der Waals surface area contributed by atoms with Gasteiger partial charge in [-0.15, -0.1) is 0 Å². The second kappa shape index (κ2) is 6.65. The van der Waals surface area contributed by atoms with Gasteiger partial charge < -0.3 is 16.4 Å². The van der Waals surface area contributed by atoms with Crippen LogP contribution in [0.4, 0.5) is 8.78 Å². The van der Waals surface area contributed by atoms with Gasteiger partial charge >= 0.3 is 11.8 Å².